The van der Waals surface area contributed by atoms with Gasteiger partial charge in [-0.2, -0.15) is 0 Å². The van der Waals surface area contributed by atoms with Crippen LogP contribution in [0.15, 0.2) is 35.9 Å². The number of hydrogen-bond acceptors (Lipinski definition) is 3. The molecule has 3 saturated carbocycles. The number of fused-ring (bicyclic) bond motifs is 5. The van der Waals surface area contributed by atoms with Crippen LogP contribution in [-0.2, 0) is 4.74 Å². The number of ether oxygens (including phenoxy) is 2. The van der Waals surface area contributed by atoms with Crippen molar-refractivity contribution in [3.05, 3.63) is 41.7 Å². The van der Waals surface area contributed by atoms with Crippen LogP contribution in [0.4, 0.5) is 9.18 Å². The summed E-state index contributed by atoms with van der Waals surface area (Å²) in [6.07, 6.45) is 15.4. The highest BCUT2D eigenvalue weighted by Crippen LogP contribution is 2.67. The Kier molecular flexibility index (Phi) is 8.00. The molecule has 3 fully saturated rings. The van der Waals surface area contributed by atoms with Crippen molar-refractivity contribution in [1.29, 1.82) is 0 Å². The van der Waals surface area contributed by atoms with Crippen molar-refractivity contribution in [3.8, 4) is 5.75 Å². The first-order valence-electron chi connectivity index (χ1n) is 15.4. The number of benzene rings is 1. The summed E-state index contributed by atoms with van der Waals surface area (Å²) < 4.78 is 24.2. The monoisotopic (exact) mass is 524 g/mol. The second kappa shape index (κ2) is 11.0. The maximum atomic E-state index is 13.1. The van der Waals surface area contributed by atoms with Crippen LogP contribution in [0.5, 0.6) is 5.75 Å². The van der Waals surface area contributed by atoms with E-state index < -0.39 is 6.16 Å². The van der Waals surface area contributed by atoms with Crippen molar-refractivity contribution < 1.29 is 18.7 Å². The molecule has 0 amide bonds. The van der Waals surface area contributed by atoms with Gasteiger partial charge in [0.25, 0.3) is 0 Å². The molecule has 3 nitrogen and oxygen atoms in total. The highest BCUT2D eigenvalue weighted by Gasteiger charge is 2.59. The van der Waals surface area contributed by atoms with Crippen LogP contribution >= 0.6 is 0 Å². The second-order valence-corrected chi connectivity index (χ2v) is 14.1. The molecular weight excluding hydrogens is 475 g/mol. The van der Waals surface area contributed by atoms with Crippen molar-refractivity contribution >= 4 is 6.16 Å². The SMILES string of the molecule is CC(C)CCC[C@H](C)[C@H]1CC[C@H]2[C@@H]3CC=C4C[C@@H](OC(=O)Oc5ccc(F)cc5)CC[C@]4(C)[C@H]3CC[C@]12C. The largest absolute Gasteiger partial charge is 0.514 e. The van der Waals surface area contributed by atoms with Crippen molar-refractivity contribution in [2.24, 2.45) is 46.3 Å². The van der Waals surface area contributed by atoms with Gasteiger partial charge in [0.05, 0.1) is 0 Å². The summed E-state index contributed by atoms with van der Waals surface area (Å²) in [6, 6.07) is 5.48. The van der Waals surface area contributed by atoms with Crippen molar-refractivity contribution in [1.82, 2.24) is 0 Å². The number of halogens is 1. The van der Waals surface area contributed by atoms with E-state index in [1.54, 1.807) is 0 Å². The van der Waals surface area contributed by atoms with Gasteiger partial charge in [0.2, 0.25) is 0 Å². The van der Waals surface area contributed by atoms with Crippen LogP contribution in [0.1, 0.15) is 105 Å². The summed E-state index contributed by atoms with van der Waals surface area (Å²) in [6.45, 7) is 12.4. The summed E-state index contributed by atoms with van der Waals surface area (Å²) in [5.41, 5.74) is 2.24. The Bertz CT molecular complexity index is 1020. The topological polar surface area (TPSA) is 35.5 Å². The van der Waals surface area contributed by atoms with E-state index in [1.807, 2.05) is 0 Å². The molecule has 0 heterocycles. The predicted octanol–water partition coefficient (Wildman–Crippen LogP) is 9.75. The fourth-order valence-corrected chi connectivity index (χ4v) is 9.51. The first-order valence-corrected chi connectivity index (χ1v) is 15.4. The van der Waals surface area contributed by atoms with Crippen LogP contribution in [0.25, 0.3) is 0 Å². The molecule has 0 aromatic heterocycles. The average Bonchev–Trinajstić information content (AvgIpc) is 3.23. The standard InChI is InChI=1S/C34H49FO3/c1-22(2)7-6-8-23(3)29-15-16-30-28-14-9-24-21-27(38-32(36)37-26-12-10-25(35)11-13-26)17-19-33(24,4)31(28)18-20-34(29,30)5/h9-13,22-23,27-31H,6-8,14-21H2,1-5H3/t23-,27-,28-,29+,30-,31-,33-,34+/m0/s1. The molecule has 0 N–H and O–H groups in total. The van der Waals surface area contributed by atoms with Gasteiger partial charge in [-0.1, -0.05) is 65.5 Å². The lowest BCUT2D eigenvalue weighted by atomic mass is 9.47. The lowest BCUT2D eigenvalue weighted by Crippen LogP contribution is -2.51. The molecule has 0 bridgehead atoms. The van der Waals surface area contributed by atoms with Gasteiger partial charge in [0.15, 0.2) is 0 Å². The molecule has 0 unspecified atom stereocenters. The summed E-state index contributed by atoms with van der Waals surface area (Å²) in [5, 5.41) is 0. The van der Waals surface area contributed by atoms with E-state index in [4.69, 9.17) is 9.47 Å². The number of allylic oxidation sites excluding steroid dienone is 1. The molecule has 4 aliphatic rings. The normalized spacial score (nSPS) is 37.0. The molecular formula is C34H49FO3. The molecule has 1 aromatic rings. The van der Waals surface area contributed by atoms with Crippen molar-refractivity contribution in [2.45, 2.75) is 111 Å². The molecule has 8 atom stereocenters. The van der Waals surface area contributed by atoms with Crippen LogP contribution in [0, 0.1) is 52.2 Å². The van der Waals surface area contributed by atoms with Gasteiger partial charge in [-0.25, -0.2) is 9.18 Å². The lowest BCUT2D eigenvalue weighted by Gasteiger charge is -2.58. The number of carbonyl (C=O) groups is 1. The van der Waals surface area contributed by atoms with E-state index in [1.165, 1.54) is 81.2 Å². The zero-order valence-electron chi connectivity index (χ0n) is 24.3. The Morgan fingerprint density at radius 3 is 2.50 bits per heavy atom. The van der Waals surface area contributed by atoms with E-state index in [2.05, 4.69) is 40.7 Å². The fourth-order valence-electron chi connectivity index (χ4n) is 9.51. The Morgan fingerprint density at radius 1 is 1.00 bits per heavy atom. The van der Waals surface area contributed by atoms with Gasteiger partial charge in [-0.3, -0.25) is 0 Å². The molecule has 0 radical (unpaired) electrons. The van der Waals surface area contributed by atoms with E-state index >= 15 is 0 Å². The fraction of sp³-hybridized carbons (Fsp3) is 0.735. The molecule has 4 heteroatoms. The minimum absolute atomic E-state index is 0.143. The van der Waals surface area contributed by atoms with E-state index in [0.717, 1.165) is 54.8 Å². The minimum Gasteiger partial charge on any atom is -0.430 e. The summed E-state index contributed by atoms with van der Waals surface area (Å²) in [5.74, 6) is 4.91. The maximum Gasteiger partial charge on any atom is 0.514 e. The zero-order valence-corrected chi connectivity index (χ0v) is 24.3. The molecule has 0 saturated heterocycles. The second-order valence-electron chi connectivity index (χ2n) is 14.1. The number of hydrogen-bond donors (Lipinski definition) is 0. The van der Waals surface area contributed by atoms with Crippen LogP contribution in [0.3, 0.4) is 0 Å². The summed E-state index contributed by atoms with van der Waals surface area (Å²) in [4.78, 5) is 12.4. The molecule has 4 aliphatic carbocycles. The first-order chi connectivity index (χ1) is 18.1. The highest BCUT2D eigenvalue weighted by atomic mass is 19.1. The van der Waals surface area contributed by atoms with Crippen LogP contribution in [-0.4, -0.2) is 12.3 Å². The Balaban J connectivity index is 1.21. The number of carbonyl (C=O) groups excluding carboxylic acids is 1. The molecule has 0 spiro atoms. The third-order valence-corrected chi connectivity index (χ3v) is 11.5. The third-order valence-electron chi connectivity index (χ3n) is 11.5. The van der Waals surface area contributed by atoms with Crippen molar-refractivity contribution in [3.63, 3.8) is 0 Å². The van der Waals surface area contributed by atoms with E-state index in [-0.39, 0.29) is 17.3 Å². The predicted molar refractivity (Wildman–Crippen MR) is 150 cm³/mol. The summed E-state index contributed by atoms with van der Waals surface area (Å²) in [7, 11) is 0. The van der Waals surface area contributed by atoms with Gasteiger partial charge in [-0.15, -0.1) is 0 Å². The van der Waals surface area contributed by atoms with Crippen LogP contribution < -0.4 is 4.74 Å². The highest BCUT2D eigenvalue weighted by molar-refractivity contribution is 5.64. The van der Waals surface area contributed by atoms with Gasteiger partial charge in [-0.05, 0) is 116 Å². The van der Waals surface area contributed by atoms with Gasteiger partial charge in [0, 0.05) is 6.42 Å². The van der Waals surface area contributed by atoms with Crippen LogP contribution in [0.2, 0.25) is 0 Å². The lowest BCUT2D eigenvalue weighted by molar-refractivity contribution is -0.0597. The first kappa shape index (κ1) is 27.7. The third kappa shape index (κ3) is 5.30. The number of rotatable bonds is 7. The van der Waals surface area contributed by atoms with Gasteiger partial charge >= 0.3 is 6.16 Å². The maximum absolute atomic E-state index is 13.1. The minimum atomic E-state index is -0.688. The Labute approximate surface area is 229 Å². The molecule has 1 aromatic carbocycles. The molecule has 5 rings (SSSR count). The Morgan fingerprint density at radius 2 is 1.76 bits per heavy atom. The van der Waals surface area contributed by atoms with Crippen molar-refractivity contribution in [2.75, 3.05) is 0 Å². The molecule has 210 valence electrons. The van der Waals surface area contributed by atoms with Gasteiger partial charge in [0.1, 0.15) is 17.7 Å². The average molecular weight is 525 g/mol. The zero-order chi connectivity index (χ0) is 27.1. The molecule has 0 aliphatic heterocycles. The Hall–Kier alpha value is -1.84. The van der Waals surface area contributed by atoms with E-state index in [0.29, 0.717) is 11.2 Å². The quantitative estimate of drug-likeness (QED) is 0.202. The summed E-state index contributed by atoms with van der Waals surface area (Å²) >= 11 is 0. The smallest absolute Gasteiger partial charge is 0.430 e. The molecule has 38 heavy (non-hydrogen) atoms. The van der Waals surface area contributed by atoms with E-state index in [9.17, 15) is 9.18 Å². The van der Waals surface area contributed by atoms with Gasteiger partial charge < -0.3 is 9.47 Å².